The van der Waals surface area contributed by atoms with Crippen molar-refractivity contribution >= 4 is 23.4 Å². The van der Waals surface area contributed by atoms with Crippen molar-refractivity contribution in [3.63, 3.8) is 0 Å². The van der Waals surface area contributed by atoms with Crippen LogP contribution in [0.25, 0.3) is 0 Å². The minimum atomic E-state index is -0.207. The fraction of sp³-hybridized carbons (Fsp3) is 0.438. The maximum absolute atomic E-state index is 12.7. The van der Waals surface area contributed by atoms with Gasteiger partial charge < -0.3 is 4.90 Å². The standard InChI is InChI=1S/C16H20N4OS/c1-10(2)14-17-16(19-18-14)22-11(3)15(21)20-9-8-12-6-4-5-7-13(12)20/h4-7,10-11H,8-9H2,1-3H3,(H,17,18,19)/t11-/m1/s1. The van der Waals surface area contributed by atoms with E-state index in [-0.39, 0.29) is 11.2 Å². The van der Waals surface area contributed by atoms with Gasteiger partial charge in [-0.15, -0.1) is 5.10 Å². The molecule has 0 unspecified atom stereocenters. The molecule has 0 saturated carbocycles. The molecule has 0 spiro atoms. The molecule has 0 fully saturated rings. The molecule has 0 saturated heterocycles. The SMILES string of the molecule is CC(C)c1nc(S[C@H](C)C(=O)N2CCc3ccccc32)n[nH]1. The van der Waals surface area contributed by atoms with Gasteiger partial charge in [0, 0.05) is 18.2 Å². The van der Waals surface area contributed by atoms with E-state index in [0.717, 1.165) is 24.5 Å². The van der Waals surface area contributed by atoms with Crippen molar-refractivity contribution in [2.24, 2.45) is 0 Å². The van der Waals surface area contributed by atoms with E-state index in [4.69, 9.17) is 0 Å². The molecule has 0 bridgehead atoms. The molecule has 1 aromatic heterocycles. The summed E-state index contributed by atoms with van der Waals surface area (Å²) in [4.78, 5) is 19.0. The van der Waals surface area contributed by atoms with Crippen LogP contribution in [0.5, 0.6) is 0 Å². The highest BCUT2D eigenvalue weighted by Gasteiger charge is 2.28. The highest BCUT2D eigenvalue weighted by atomic mass is 32.2. The Labute approximate surface area is 134 Å². The third kappa shape index (κ3) is 2.88. The van der Waals surface area contributed by atoms with Crippen LogP contribution in [0.2, 0.25) is 0 Å². The summed E-state index contributed by atoms with van der Waals surface area (Å²) < 4.78 is 0. The van der Waals surface area contributed by atoms with Crippen LogP contribution in [-0.2, 0) is 11.2 Å². The fourth-order valence-electron chi connectivity index (χ4n) is 2.56. The van der Waals surface area contributed by atoms with Gasteiger partial charge in [-0.1, -0.05) is 43.8 Å². The Hall–Kier alpha value is -1.82. The number of rotatable bonds is 4. The summed E-state index contributed by atoms with van der Waals surface area (Å²) in [7, 11) is 0. The van der Waals surface area contributed by atoms with E-state index in [1.807, 2.05) is 30.0 Å². The molecule has 0 radical (unpaired) electrons. The Morgan fingerprint density at radius 1 is 1.32 bits per heavy atom. The molecular formula is C16H20N4OS. The van der Waals surface area contributed by atoms with Crippen molar-refractivity contribution < 1.29 is 4.79 Å². The predicted molar refractivity (Wildman–Crippen MR) is 88.3 cm³/mol. The quantitative estimate of drug-likeness (QED) is 0.881. The molecule has 2 aromatic rings. The lowest BCUT2D eigenvalue weighted by Crippen LogP contribution is -2.35. The van der Waals surface area contributed by atoms with E-state index in [0.29, 0.717) is 11.1 Å². The van der Waals surface area contributed by atoms with E-state index in [9.17, 15) is 4.79 Å². The van der Waals surface area contributed by atoms with Crippen molar-refractivity contribution in [3.05, 3.63) is 35.7 Å². The smallest absolute Gasteiger partial charge is 0.240 e. The van der Waals surface area contributed by atoms with Gasteiger partial charge in [0.05, 0.1) is 5.25 Å². The number of para-hydroxylation sites is 1. The average Bonchev–Trinajstić information content (AvgIpc) is 3.13. The van der Waals surface area contributed by atoms with Crippen molar-refractivity contribution in [2.75, 3.05) is 11.4 Å². The van der Waals surface area contributed by atoms with Gasteiger partial charge in [-0.05, 0) is 25.0 Å². The van der Waals surface area contributed by atoms with E-state index in [2.05, 4.69) is 35.1 Å². The van der Waals surface area contributed by atoms with Crippen molar-refractivity contribution in [1.29, 1.82) is 0 Å². The minimum Gasteiger partial charge on any atom is -0.311 e. The largest absolute Gasteiger partial charge is 0.311 e. The van der Waals surface area contributed by atoms with Gasteiger partial charge in [-0.25, -0.2) is 4.98 Å². The lowest BCUT2D eigenvalue weighted by Gasteiger charge is -2.20. The van der Waals surface area contributed by atoms with Crippen molar-refractivity contribution in [2.45, 2.75) is 43.5 Å². The van der Waals surface area contributed by atoms with Crippen molar-refractivity contribution in [3.8, 4) is 0 Å². The van der Waals surface area contributed by atoms with Crippen molar-refractivity contribution in [1.82, 2.24) is 15.2 Å². The molecular weight excluding hydrogens is 296 g/mol. The first kappa shape index (κ1) is 15.1. The zero-order chi connectivity index (χ0) is 15.7. The number of hydrogen-bond donors (Lipinski definition) is 1. The molecule has 1 amide bonds. The number of nitrogens with zero attached hydrogens (tertiary/aromatic N) is 3. The van der Waals surface area contributed by atoms with E-state index in [1.165, 1.54) is 17.3 Å². The number of anilines is 1. The first-order valence-electron chi connectivity index (χ1n) is 7.54. The highest BCUT2D eigenvalue weighted by Crippen LogP contribution is 2.30. The van der Waals surface area contributed by atoms with E-state index < -0.39 is 0 Å². The van der Waals surface area contributed by atoms with Crippen LogP contribution in [0.4, 0.5) is 5.69 Å². The van der Waals surface area contributed by atoms with Crippen LogP contribution in [0.15, 0.2) is 29.4 Å². The van der Waals surface area contributed by atoms with Gasteiger partial charge in [0.1, 0.15) is 5.82 Å². The Balaban J connectivity index is 1.70. The first-order chi connectivity index (χ1) is 10.6. The maximum Gasteiger partial charge on any atom is 0.240 e. The number of aromatic nitrogens is 3. The normalized spacial score (nSPS) is 15.2. The van der Waals surface area contributed by atoms with E-state index in [1.54, 1.807) is 0 Å². The summed E-state index contributed by atoms with van der Waals surface area (Å²) in [5, 5.41) is 7.54. The average molecular weight is 316 g/mol. The lowest BCUT2D eigenvalue weighted by molar-refractivity contribution is -0.117. The van der Waals surface area contributed by atoms with Crippen LogP contribution in [0, 0.1) is 0 Å². The molecule has 1 aromatic carbocycles. The Bertz CT molecular complexity index is 682. The topological polar surface area (TPSA) is 61.9 Å². The zero-order valence-electron chi connectivity index (χ0n) is 13.0. The fourth-order valence-corrected chi connectivity index (χ4v) is 3.36. The first-order valence-corrected chi connectivity index (χ1v) is 8.42. The van der Waals surface area contributed by atoms with Crippen LogP contribution in [0.3, 0.4) is 0 Å². The van der Waals surface area contributed by atoms with Crippen LogP contribution >= 0.6 is 11.8 Å². The number of H-pyrrole nitrogens is 1. The summed E-state index contributed by atoms with van der Waals surface area (Å²) in [6.45, 7) is 6.79. The summed E-state index contributed by atoms with van der Waals surface area (Å²) in [6, 6.07) is 8.10. The zero-order valence-corrected chi connectivity index (χ0v) is 13.9. The maximum atomic E-state index is 12.7. The van der Waals surface area contributed by atoms with Gasteiger partial charge in [0.25, 0.3) is 0 Å². The molecule has 1 aliphatic rings. The number of carbonyl (C=O) groups excluding carboxylic acids is 1. The number of aromatic amines is 1. The second kappa shape index (κ2) is 6.12. The highest BCUT2D eigenvalue weighted by molar-refractivity contribution is 8.00. The number of nitrogens with one attached hydrogen (secondary N) is 1. The number of fused-ring (bicyclic) bond motifs is 1. The molecule has 22 heavy (non-hydrogen) atoms. The van der Waals surface area contributed by atoms with E-state index >= 15 is 0 Å². The third-order valence-electron chi connectivity index (χ3n) is 3.81. The predicted octanol–water partition coefficient (Wildman–Crippen LogP) is 3.00. The number of amides is 1. The number of carbonyl (C=O) groups is 1. The summed E-state index contributed by atoms with van der Waals surface area (Å²) in [5.41, 5.74) is 2.28. The Kier molecular flexibility index (Phi) is 4.20. The second-order valence-electron chi connectivity index (χ2n) is 5.79. The van der Waals surface area contributed by atoms with Gasteiger partial charge in [-0.2, -0.15) is 0 Å². The molecule has 6 heteroatoms. The van der Waals surface area contributed by atoms with Crippen LogP contribution in [-0.4, -0.2) is 32.9 Å². The molecule has 3 rings (SSSR count). The third-order valence-corrected chi connectivity index (χ3v) is 4.76. The number of benzene rings is 1. The number of thioether (sulfide) groups is 1. The van der Waals surface area contributed by atoms with Gasteiger partial charge in [0.15, 0.2) is 0 Å². The molecule has 116 valence electrons. The summed E-state index contributed by atoms with van der Waals surface area (Å²) in [6.07, 6.45) is 0.928. The molecule has 1 N–H and O–H groups in total. The molecule has 0 aliphatic carbocycles. The van der Waals surface area contributed by atoms with Gasteiger partial charge in [-0.3, -0.25) is 9.89 Å². The summed E-state index contributed by atoms with van der Waals surface area (Å²) >= 11 is 1.41. The lowest BCUT2D eigenvalue weighted by atomic mass is 10.2. The van der Waals surface area contributed by atoms with Crippen LogP contribution in [0.1, 0.15) is 38.1 Å². The summed E-state index contributed by atoms with van der Waals surface area (Å²) in [5.74, 6) is 1.28. The molecule has 1 aliphatic heterocycles. The molecule has 2 heterocycles. The van der Waals surface area contributed by atoms with Gasteiger partial charge in [0.2, 0.25) is 11.1 Å². The molecule has 5 nitrogen and oxygen atoms in total. The Morgan fingerprint density at radius 3 is 2.82 bits per heavy atom. The van der Waals surface area contributed by atoms with Gasteiger partial charge >= 0.3 is 0 Å². The second-order valence-corrected chi connectivity index (χ2v) is 7.09. The Morgan fingerprint density at radius 2 is 2.09 bits per heavy atom. The monoisotopic (exact) mass is 316 g/mol. The van der Waals surface area contributed by atoms with Crippen LogP contribution < -0.4 is 4.90 Å². The molecule has 1 atom stereocenters. The minimum absolute atomic E-state index is 0.117. The number of hydrogen-bond acceptors (Lipinski definition) is 4.